The molecule has 0 spiro atoms. The number of fused-ring (bicyclic) bond motifs is 4. The summed E-state index contributed by atoms with van der Waals surface area (Å²) < 4.78 is 5.30. The summed E-state index contributed by atoms with van der Waals surface area (Å²) in [4.78, 5) is 53.0. The van der Waals surface area contributed by atoms with Gasteiger partial charge in [-0.25, -0.2) is 0 Å². The largest absolute Gasteiger partial charge is 0.503 e. The van der Waals surface area contributed by atoms with Crippen molar-refractivity contribution < 1.29 is 29.0 Å². The van der Waals surface area contributed by atoms with Crippen LogP contribution >= 0.6 is 50.7 Å². The molecular formula is C26H26BrCl3N2O6. The van der Waals surface area contributed by atoms with Crippen LogP contribution in [0.2, 0.25) is 5.02 Å². The number of phenols is 1. The molecule has 0 aromatic heterocycles. The summed E-state index contributed by atoms with van der Waals surface area (Å²) in [5.74, 6) is -5.23. The molecule has 8 nitrogen and oxygen atoms in total. The highest BCUT2D eigenvalue weighted by Gasteiger charge is 2.76. The molecule has 38 heavy (non-hydrogen) atoms. The number of hydrogen-bond donors (Lipinski definition) is 1. The van der Waals surface area contributed by atoms with Crippen LogP contribution in [0.25, 0.3) is 0 Å². The van der Waals surface area contributed by atoms with E-state index in [4.69, 9.17) is 39.5 Å². The van der Waals surface area contributed by atoms with E-state index in [0.717, 1.165) is 4.90 Å². The third-order valence-electron chi connectivity index (χ3n) is 8.29. The van der Waals surface area contributed by atoms with Gasteiger partial charge in [-0.2, -0.15) is 0 Å². The molecule has 1 aromatic rings. The lowest BCUT2D eigenvalue weighted by atomic mass is 9.56. The second-order valence-corrected chi connectivity index (χ2v) is 13.4. The number of hydrogen-bond acceptors (Lipinski definition) is 6. The minimum absolute atomic E-state index is 0.0450. The van der Waals surface area contributed by atoms with Crippen LogP contribution in [0.4, 0.5) is 0 Å². The van der Waals surface area contributed by atoms with E-state index in [2.05, 4.69) is 15.9 Å². The molecule has 0 radical (unpaired) electrons. The number of nitrogens with zero attached hydrogens (tertiary/aromatic N) is 2. The van der Waals surface area contributed by atoms with Crippen LogP contribution in [0.5, 0.6) is 11.5 Å². The standard InChI is InChI=1S/C26H26BrCl3N2O6/c1-24(2,3)32-20(34)13-6-5-12-14(17(13)21(32)35)9-25(29)22(36)31(10-27)23(37)26(25,30)18(12)11-7-15(28)19(33)16(8-11)38-4/h5,7-8,13-14,17-18,33H,6,9-10H2,1-4H3. The highest BCUT2D eigenvalue weighted by Crippen LogP contribution is 2.66. The normalized spacial score (nSPS) is 34.8. The van der Waals surface area contributed by atoms with Crippen molar-refractivity contribution >= 4 is 74.4 Å². The quantitative estimate of drug-likeness (QED) is 0.223. The molecule has 1 N–H and O–H groups in total. The van der Waals surface area contributed by atoms with Gasteiger partial charge in [-0.1, -0.05) is 39.2 Å². The number of halogens is 4. The van der Waals surface area contributed by atoms with E-state index >= 15 is 0 Å². The van der Waals surface area contributed by atoms with E-state index in [1.165, 1.54) is 24.1 Å². The van der Waals surface area contributed by atoms with Crippen molar-refractivity contribution in [3.63, 3.8) is 0 Å². The average Bonchev–Trinajstić information content (AvgIpc) is 3.19. The van der Waals surface area contributed by atoms with Crippen molar-refractivity contribution in [3.8, 4) is 11.5 Å². The number of carbonyl (C=O) groups excluding carboxylic acids is 4. The number of likely N-dealkylation sites (tertiary alicyclic amines) is 2. The fourth-order valence-corrected chi connectivity index (χ4v) is 8.35. The average molecular weight is 649 g/mol. The van der Waals surface area contributed by atoms with Crippen molar-refractivity contribution in [1.29, 1.82) is 0 Å². The van der Waals surface area contributed by atoms with E-state index in [0.29, 0.717) is 11.1 Å². The van der Waals surface area contributed by atoms with Gasteiger partial charge in [-0.3, -0.25) is 29.0 Å². The van der Waals surface area contributed by atoms with Gasteiger partial charge in [0.25, 0.3) is 11.8 Å². The lowest BCUT2D eigenvalue weighted by Gasteiger charge is -2.50. The third kappa shape index (κ3) is 3.40. The maximum atomic E-state index is 13.8. The number of aromatic hydroxyl groups is 1. The van der Waals surface area contributed by atoms with Gasteiger partial charge in [0.1, 0.15) is 0 Å². The number of amides is 4. The predicted molar refractivity (Wildman–Crippen MR) is 145 cm³/mol. The molecule has 4 aliphatic rings. The number of rotatable bonds is 3. The van der Waals surface area contributed by atoms with Crippen LogP contribution in [0.1, 0.15) is 45.1 Å². The summed E-state index contributed by atoms with van der Waals surface area (Å²) >= 11 is 23.9. The molecule has 2 heterocycles. The zero-order valence-electron chi connectivity index (χ0n) is 21.1. The topological polar surface area (TPSA) is 104 Å². The minimum Gasteiger partial charge on any atom is -0.503 e. The number of alkyl halides is 3. The zero-order valence-corrected chi connectivity index (χ0v) is 24.9. The molecule has 6 atom stereocenters. The van der Waals surface area contributed by atoms with Gasteiger partial charge >= 0.3 is 0 Å². The lowest BCUT2D eigenvalue weighted by molar-refractivity contribution is -0.146. The van der Waals surface area contributed by atoms with Crippen molar-refractivity contribution in [3.05, 3.63) is 34.4 Å². The summed E-state index contributed by atoms with van der Waals surface area (Å²) in [5.41, 5.74) is 0.167. The maximum absolute atomic E-state index is 13.8. The van der Waals surface area contributed by atoms with Crippen LogP contribution < -0.4 is 4.74 Å². The number of ether oxygens (including phenoxy) is 1. The molecule has 204 valence electrons. The molecule has 5 rings (SSSR count). The lowest BCUT2D eigenvalue weighted by Crippen LogP contribution is -2.60. The Morgan fingerprint density at radius 1 is 1.11 bits per heavy atom. The Morgan fingerprint density at radius 2 is 1.76 bits per heavy atom. The fraction of sp³-hybridized carbons (Fsp3) is 0.538. The molecule has 2 aliphatic heterocycles. The highest BCUT2D eigenvalue weighted by atomic mass is 79.9. The van der Waals surface area contributed by atoms with Crippen LogP contribution in [-0.4, -0.2) is 66.4 Å². The smallest absolute Gasteiger partial charge is 0.254 e. The number of phenolic OH excluding ortho intramolecular Hbond substituents is 1. The Kier molecular flexibility index (Phi) is 6.46. The van der Waals surface area contributed by atoms with Crippen molar-refractivity contribution in [2.24, 2.45) is 17.8 Å². The van der Waals surface area contributed by atoms with Gasteiger partial charge < -0.3 is 9.84 Å². The van der Waals surface area contributed by atoms with Crippen molar-refractivity contribution in [2.75, 3.05) is 12.6 Å². The molecule has 3 fully saturated rings. The van der Waals surface area contributed by atoms with Gasteiger partial charge in [-0.15, -0.1) is 23.2 Å². The van der Waals surface area contributed by atoms with E-state index in [-0.39, 0.29) is 46.6 Å². The first-order valence-corrected chi connectivity index (χ1v) is 14.3. The molecule has 2 saturated heterocycles. The van der Waals surface area contributed by atoms with Gasteiger partial charge in [0.05, 0.1) is 29.4 Å². The van der Waals surface area contributed by atoms with E-state index in [1.54, 1.807) is 20.8 Å². The second kappa shape index (κ2) is 8.85. The number of methoxy groups -OCH3 is 1. The number of allylic oxidation sites excluding steroid dienone is 2. The van der Waals surface area contributed by atoms with Gasteiger partial charge in [0.15, 0.2) is 21.2 Å². The van der Waals surface area contributed by atoms with E-state index < -0.39 is 50.8 Å². The molecule has 12 heteroatoms. The molecule has 2 aliphatic carbocycles. The summed E-state index contributed by atoms with van der Waals surface area (Å²) in [5, 5.41) is 10.3. The second-order valence-electron chi connectivity index (χ2n) is 11.2. The SMILES string of the molecule is COc1cc(C2C3=CCC4C(=O)N(C(C)(C)C)C(=O)C4C3CC3(Cl)C(=O)N(CBr)C(=O)C23Cl)cc(Cl)c1O. The van der Waals surface area contributed by atoms with Gasteiger partial charge in [0.2, 0.25) is 11.8 Å². The molecule has 0 bridgehead atoms. The van der Waals surface area contributed by atoms with Gasteiger partial charge in [-0.05, 0) is 57.2 Å². The van der Waals surface area contributed by atoms with Crippen LogP contribution in [0, 0.1) is 17.8 Å². The summed E-state index contributed by atoms with van der Waals surface area (Å²) in [6.07, 6.45) is 2.01. The Labute approximate surface area is 243 Å². The summed E-state index contributed by atoms with van der Waals surface area (Å²) in [7, 11) is 1.35. The van der Waals surface area contributed by atoms with Crippen LogP contribution in [0.15, 0.2) is 23.8 Å². The van der Waals surface area contributed by atoms with Crippen molar-refractivity contribution in [2.45, 2.75) is 54.8 Å². The van der Waals surface area contributed by atoms with Crippen molar-refractivity contribution in [1.82, 2.24) is 9.80 Å². The number of carbonyl (C=O) groups is 4. The first-order valence-electron chi connectivity index (χ1n) is 12.1. The van der Waals surface area contributed by atoms with Crippen LogP contribution in [-0.2, 0) is 19.2 Å². The Bertz CT molecular complexity index is 1330. The monoisotopic (exact) mass is 646 g/mol. The first kappa shape index (κ1) is 27.7. The van der Waals surface area contributed by atoms with Crippen LogP contribution in [0.3, 0.4) is 0 Å². The van der Waals surface area contributed by atoms with Gasteiger partial charge in [0, 0.05) is 11.5 Å². The minimum atomic E-state index is -1.96. The van der Waals surface area contributed by atoms with E-state index in [1.807, 2.05) is 6.08 Å². The first-order chi connectivity index (χ1) is 17.6. The maximum Gasteiger partial charge on any atom is 0.254 e. The fourth-order valence-electron chi connectivity index (χ4n) is 6.70. The predicted octanol–water partition coefficient (Wildman–Crippen LogP) is 4.56. The molecule has 4 amide bonds. The van der Waals surface area contributed by atoms with E-state index in [9.17, 15) is 24.3 Å². The highest BCUT2D eigenvalue weighted by molar-refractivity contribution is 9.09. The molecule has 6 unspecified atom stereocenters. The third-order valence-corrected chi connectivity index (χ3v) is 10.5. The summed E-state index contributed by atoms with van der Waals surface area (Å²) in [6.45, 7) is 5.38. The molecule has 1 saturated carbocycles. The number of imide groups is 2. The molecule has 1 aromatic carbocycles. The molecular weight excluding hydrogens is 623 g/mol. The summed E-state index contributed by atoms with van der Waals surface area (Å²) in [6, 6.07) is 2.96. The number of benzene rings is 1. The Morgan fingerprint density at radius 3 is 2.34 bits per heavy atom. The Balaban J connectivity index is 1.75. The zero-order chi connectivity index (χ0) is 28.1. The Hall–Kier alpha value is -1.81.